The zero-order valence-electron chi connectivity index (χ0n) is 9.05. The monoisotopic (exact) mass is 289 g/mol. The van der Waals surface area contributed by atoms with E-state index in [0.717, 1.165) is 17.7 Å². The minimum absolute atomic E-state index is 0.0358. The Labute approximate surface area is 103 Å². The fourth-order valence-electron chi connectivity index (χ4n) is 1.26. The Hall–Kier alpha value is -0.350. The van der Waals surface area contributed by atoms with E-state index >= 15 is 0 Å². The molecule has 1 aromatic heterocycles. The Kier molecular flexibility index (Phi) is 5.32. The van der Waals surface area contributed by atoms with Crippen LogP contribution in [0.4, 0.5) is 0 Å². The number of carbonyl (C=O) groups is 1. The van der Waals surface area contributed by atoms with Crippen LogP contribution in [0.25, 0.3) is 0 Å². The molecule has 1 atom stereocenters. The number of rotatable bonds is 5. The summed E-state index contributed by atoms with van der Waals surface area (Å²) in [6.07, 6.45) is 2.22. The maximum atomic E-state index is 11.6. The van der Waals surface area contributed by atoms with E-state index in [1.54, 1.807) is 0 Å². The number of amides is 1. The highest BCUT2D eigenvalue weighted by Crippen LogP contribution is 2.15. The average molecular weight is 290 g/mol. The molecular weight excluding hydrogens is 274 g/mol. The fourth-order valence-corrected chi connectivity index (χ4v) is 2.67. The lowest BCUT2D eigenvalue weighted by Gasteiger charge is -2.08. The number of aryl methyl sites for hydroxylation is 1. The molecule has 0 bridgehead atoms. The summed E-state index contributed by atoms with van der Waals surface area (Å²) in [6, 6.07) is 3.84. The van der Waals surface area contributed by atoms with Gasteiger partial charge in [-0.15, -0.1) is 11.3 Å². The first-order valence-electron chi connectivity index (χ1n) is 5.12. The van der Waals surface area contributed by atoms with Gasteiger partial charge in [0, 0.05) is 16.2 Å². The molecule has 0 fully saturated rings. The molecule has 1 unspecified atom stereocenters. The second-order valence-corrected chi connectivity index (χ2v) is 6.09. The minimum atomic E-state index is 0.0358. The van der Waals surface area contributed by atoms with Gasteiger partial charge in [0.2, 0.25) is 0 Å². The summed E-state index contributed by atoms with van der Waals surface area (Å²) in [6.45, 7) is 4.84. The molecular formula is C11H16BrNOS. The smallest absolute Gasteiger partial charge is 0.261 e. The van der Waals surface area contributed by atoms with Gasteiger partial charge in [-0.05, 0) is 25.5 Å². The Bertz CT molecular complexity index is 324. The Morgan fingerprint density at radius 2 is 2.33 bits per heavy atom. The first-order chi connectivity index (χ1) is 7.13. The predicted octanol–water partition coefficient (Wildman–Crippen LogP) is 3.35. The fraction of sp³-hybridized carbons (Fsp3) is 0.545. The van der Waals surface area contributed by atoms with Crippen molar-refractivity contribution in [1.82, 2.24) is 5.32 Å². The minimum Gasteiger partial charge on any atom is -0.350 e. The highest BCUT2D eigenvalue weighted by atomic mass is 79.9. The number of hydrogen-bond donors (Lipinski definition) is 1. The van der Waals surface area contributed by atoms with Gasteiger partial charge in [-0.1, -0.05) is 29.3 Å². The lowest BCUT2D eigenvalue weighted by Crippen LogP contribution is -2.28. The number of hydrogen-bond acceptors (Lipinski definition) is 2. The van der Waals surface area contributed by atoms with Crippen LogP contribution in [0, 0.1) is 6.92 Å². The number of halogens is 1. The molecule has 0 aromatic carbocycles. The Morgan fingerprint density at radius 3 is 2.87 bits per heavy atom. The number of thiophene rings is 1. The molecule has 1 aromatic rings. The molecule has 1 amide bonds. The third-order valence-corrected chi connectivity index (χ3v) is 3.83. The molecule has 0 aliphatic rings. The number of alkyl halides is 1. The second kappa shape index (κ2) is 6.28. The van der Waals surface area contributed by atoms with Gasteiger partial charge in [0.1, 0.15) is 0 Å². The van der Waals surface area contributed by atoms with E-state index in [0.29, 0.717) is 11.4 Å². The largest absolute Gasteiger partial charge is 0.350 e. The van der Waals surface area contributed by atoms with E-state index in [1.165, 1.54) is 16.2 Å². The SMILES string of the molecule is CCCC(Br)CNC(=O)c1ccc(C)s1. The van der Waals surface area contributed by atoms with Crippen LogP contribution in [0.5, 0.6) is 0 Å². The van der Waals surface area contributed by atoms with Crippen LogP contribution >= 0.6 is 27.3 Å². The van der Waals surface area contributed by atoms with Gasteiger partial charge in [-0.3, -0.25) is 4.79 Å². The van der Waals surface area contributed by atoms with E-state index in [9.17, 15) is 4.79 Å². The van der Waals surface area contributed by atoms with E-state index in [4.69, 9.17) is 0 Å². The molecule has 0 saturated carbocycles. The maximum Gasteiger partial charge on any atom is 0.261 e. The van der Waals surface area contributed by atoms with Gasteiger partial charge in [-0.25, -0.2) is 0 Å². The molecule has 1 N–H and O–H groups in total. The lowest BCUT2D eigenvalue weighted by molar-refractivity contribution is 0.0957. The van der Waals surface area contributed by atoms with Gasteiger partial charge in [0.25, 0.3) is 5.91 Å². The molecule has 84 valence electrons. The van der Waals surface area contributed by atoms with Crippen LogP contribution in [0.15, 0.2) is 12.1 Å². The van der Waals surface area contributed by atoms with Crippen LogP contribution < -0.4 is 5.32 Å². The van der Waals surface area contributed by atoms with Crippen LogP contribution in [-0.4, -0.2) is 17.3 Å². The molecule has 1 rings (SSSR count). The molecule has 15 heavy (non-hydrogen) atoms. The molecule has 2 nitrogen and oxygen atoms in total. The van der Waals surface area contributed by atoms with Crippen molar-refractivity contribution in [3.63, 3.8) is 0 Å². The van der Waals surface area contributed by atoms with Crippen LogP contribution in [0.1, 0.15) is 34.3 Å². The third-order valence-electron chi connectivity index (χ3n) is 2.05. The summed E-state index contributed by atoms with van der Waals surface area (Å²) in [5.74, 6) is 0.0358. The van der Waals surface area contributed by atoms with Crippen LogP contribution in [0.3, 0.4) is 0 Å². The van der Waals surface area contributed by atoms with E-state index < -0.39 is 0 Å². The van der Waals surface area contributed by atoms with Crippen molar-refractivity contribution in [2.45, 2.75) is 31.5 Å². The Morgan fingerprint density at radius 1 is 1.60 bits per heavy atom. The normalized spacial score (nSPS) is 12.5. The molecule has 0 radical (unpaired) electrons. The van der Waals surface area contributed by atoms with Crippen molar-refractivity contribution in [3.8, 4) is 0 Å². The number of nitrogens with one attached hydrogen (secondary N) is 1. The zero-order chi connectivity index (χ0) is 11.3. The summed E-state index contributed by atoms with van der Waals surface area (Å²) in [5, 5.41) is 2.92. The van der Waals surface area contributed by atoms with Crippen molar-refractivity contribution in [3.05, 3.63) is 21.9 Å². The summed E-state index contributed by atoms with van der Waals surface area (Å²) in [5.41, 5.74) is 0. The standard InChI is InChI=1S/C11H16BrNOS/c1-3-4-9(12)7-13-11(14)10-6-5-8(2)15-10/h5-6,9H,3-4,7H2,1-2H3,(H,13,14). The Balaban J connectivity index is 2.36. The average Bonchev–Trinajstić information content (AvgIpc) is 2.62. The maximum absolute atomic E-state index is 11.6. The third kappa shape index (κ3) is 4.34. The highest BCUT2D eigenvalue weighted by Gasteiger charge is 2.09. The molecule has 4 heteroatoms. The van der Waals surface area contributed by atoms with Gasteiger partial charge in [0.15, 0.2) is 0 Å². The van der Waals surface area contributed by atoms with Crippen molar-refractivity contribution in [1.29, 1.82) is 0 Å². The summed E-state index contributed by atoms with van der Waals surface area (Å²) < 4.78 is 0. The van der Waals surface area contributed by atoms with Gasteiger partial charge < -0.3 is 5.32 Å². The van der Waals surface area contributed by atoms with Crippen molar-refractivity contribution in [2.75, 3.05) is 6.54 Å². The predicted molar refractivity (Wildman–Crippen MR) is 69.0 cm³/mol. The molecule has 1 heterocycles. The summed E-state index contributed by atoms with van der Waals surface area (Å²) in [4.78, 5) is 14.0. The molecule has 0 aliphatic carbocycles. The summed E-state index contributed by atoms with van der Waals surface area (Å²) in [7, 11) is 0. The quantitative estimate of drug-likeness (QED) is 0.828. The van der Waals surface area contributed by atoms with Gasteiger partial charge in [-0.2, -0.15) is 0 Å². The summed E-state index contributed by atoms with van der Waals surface area (Å²) >= 11 is 5.07. The highest BCUT2D eigenvalue weighted by molar-refractivity contribution is 9.09. The van der Waals surface area contributed by atoms with Gasteiger partial charge in [0.05, 0.1) is 4.88 Å². The van der Waals surface area contributed by atoms with Crippen molar-refractivity contribution in [2.24, 2.45) is 0 Å². The van der Waals surface area contributed by atoms with Crippen LogP contribution in [0.2, 0.25) is 0 Å². The molecule has 0 aliphatic heterocycles. The first-order valence-corrected chi connectivity index (χ1v) is 6.85. The number of carbonyl (C=O) groups excluding carboxylic acids is 1. The van der Waals surface area contributed by atoms with Crippen molar-refractivity contribution < 1.29 is 4.79 Å². The van der Waals surface area contributed by atoms with Gasteiger partial charge >= 0.3 is 0 Å². The van der Waals surface area contributed by atoms with Crippen LogP contribution in [-0.2, 0) is 0 Å². The topological polar surface area (TPSA) is 29.1 Å². The first kappa shape index (κ1) is 12.7. The molecule has 0 spiro atoms. The second-order valence-electron chi connectivity index (χ2n) is 3.51. The van der Waals surface area contributed by atoms with Crippen molar-refractivity contribution >= 4 is 33.2 Å². The lowest BCUT2D eigenvalue weighted by atomic mass is 10.2. The zero-order valence-corrected chi connectivity index (χ0v) is 11.5. The van der Waals surface area contributed by atoms with E-state index in [2.05, 4.69) is 28.2 Å². The van der Waals surface area contributed by atoms with E-state index in [1.807, 2.05) is 19.1 Å². The van der Waals surface area contributed by atoms with E-state index in [-0.39, 0.29) is 5.91 Å². The molecule has 0 saturated heterocycles.